The van der Waals surface area contributed by atoms with Crippen molar-refractivity contribution in [2.24, 2.45) is 0 Å². The van der Waals surface area contributed by atoms with Gasteiger partial charge in [0.05, 0.1) is 7.11 Å². The summed E-state index contributed by atoms with van der Waals surface area (Å²) in [6.45, 7) is 5.38. The monoisotopic (exact) mass is 251 g/mol. The summed E-state index contributed by atoms with van der Waals surface area (Å²) >= 11 is 0. The van der Waals surface area contributed by atoms with E-state index in [1.54, 1.807) is 13.2 Å². The van der Waals surface area contributed by atoms with Crippen LogP contribution in [0.25, 0.3) is 0 Å². The first-order chi connectivity index (χ1) is 8.60. The molecule has 1 aromatic carbocycles. The normalized spacial score (nSPS) is 12.7. The SMILES string of the molecule is CCCCCN(C)C(C)c1ccc(OC)cc1O. The largest absolute Gasteiger partial charge is 0.507 e. The van der Waals surface area contributed by atoms with Crippen molar-refractivity contribution in [1.29, 1.82) is 0 Å². The van der Waals surface area contributed by atoms with Crippen molar-refractivity contribution in [2.75, 3.05) is 20.7 Å². The zero-order chi connectivity index (χ0) is 13.5. The molecule has 3 nitrogen and oxygen atoms in total. The summed E-state index contributed by atoms with van der Waals surface area (Å²) in [5.74, 6) is 1.00. The number of unbranched alkanes of at least 4 members (excludes halogenated alkanes) is 2. The lowest BCUT2D eigenvalue weighted by molar-refractivity contribution is 0.250. The molecule has 0 amide bonds. The van der Waals surface area contributed by atoms with Gasteiger partial charge in [-0.3, -0.25) is 4.90 Å². The molecule has 0 bridgehead atoms. The lowest BCUT2D eigenvalue weighted by Gasteiger charge is -2.25. The zero-order valence-electron chi connectivity index (χ0n) is 11.9. The van der Waals surface area contributed by atoms with E-state index >= 15 is 0 Å². The summed E-state index contributed by atoms with van der Waals surface area (Å²) in [5, 5.41) is 10.0. The van der Waals surface area contributed by atoms with Gasteiger partial charge in [-0.25, -0.2) is 0 Å². The van der Waals surface area contributed by atoms with Crippen LogP contribution in [0, 0.1) is 0 Å². The molecule has 18 heavy (non-hydrogen) atoms. The third-order valence-corrected chi connectivity index (χ3v) is 3.46. The second-order valence-corrected chi connectivity index (χ2v) is 4.79. The fraction of sp³-hybridized carbons (Fsp3) is 0.600. The van der Waals surface area contributed by atoms with Gasteiger partial charge in [0, 0.05) is 17.7 Å². The Bertz CT molecular complexity index is 366. The second-order valence-electron chi connectivity index (χ2n) is 4.79. The number of phenols is 1. The summed E-state index contributed by atoms with van der Waals surface area (Å²) in [5.41, 5.74) is 0.954. The Labute approximate surface area is 110 Å². The number of hydrogen-bond acceptors (Lipinski definition) is 3. The smallest absolute Gasteiger partial charge is 0.124 e. The first-order valence-electron chi connectivity index (χ1n) is 6.67. The van der Waals surface area contributed by atoms with Crippen molar-refractivity contribution in [3.63, 3.8) is 0 Å². The molecule has 0 aromatic heterocycles. The van der Waals surface area contributed by atoms with Crippen molar-refractivity contribution < 1.29 is 9.84 Å². The highest BCUT2D eigenvalue weighted by Crippen LogP contribution is 2.31. The molecule has 1 rings (SSSR count). The van der Waals surface area contributed by atoms with Gasteiger partial charge < -0.3 is 9.84 Å². The third-order valence-electron chi connectivity index (χ3n) is 3.46. The van der Waals surface area contributed by atoms with E-state index in [1.807, 2.05) is 12.1 Å². The number of nitrogens with zero attached hydrogens (tertiary/aromatic N) is 1. The molecule has 0 aliphatic carbocycles. The molecule has 0 radical (unpaired) electrons. The first-order valence-corrected chi connectivity index (χ1v) is 6.67. The Kier molecular flexibility index (Phi) is 5.99. The molecule has 3 heteroatoms. The van der Waals surface area contributed by atoms with Crippen molar-refractivity contribution in [2.45, 2.75) is 39.2 Å². The Hall–Kier alpha value is -1.22. The van der Waals surface area contributed by atoms with Crippen molar-refractivity contribution in [3.05, 3.63) is 23.8 Å². The molecule has 0 spiro atoms. The minimum atomic E-state index is 0.216. The first kappa shape index (κ1) is 14.8. The topological polar surface area (TPSA) is 32.7 Å². The summed E-state index contributed by atoms with van der Waals surface area (Å²) < 4.78 is 5.10. The van der Waals surface area contributed by atoms with Gasteiger partial charge >= 0.3 is 0 Å². The summed E-state index contributed by atoms with van der Waals surface area (Å²) in [4.78, 5) is 2.27. The average Bonchev–Trinajstić information content (AvgIpc) is 2.38. The maximum absolute atomic E-state index is 10.0. The maximum atomic E-state index is 10.0. The third kappa shape index (κ3) is 3.91. The maximum Gasteiger partial charge on any atom is 0.124 e. The average molecular weight is 251 g/mol. The van der Waals surface area contributed by atoms with E-state index in [4.69, 9.17) is 4.74 Å². The van der Waals surface area contributed by atoms with Crippen LogP contribution in [0.1, 0.15) is 44.7 Å². The van der Waals surface area contributed by atoms with Crippen LogP contribution in [-0.2, 0) is 0 Å². The molecular weight excluding hydrogens is 226 g/mol. The van der Waals surface area contributed by atoms with Gasteiger partial charge in [-0.2, -0.15) is 0 Å². The quantitative estimate of drug-likeness (QED) is 0.752. The number of hydrogen-bond donors (Lipinski definition) is 1. The van der Waals surface area contributed by atoms with Gasteiger partial charge in [-0.15, -0.1) is 0 Å². The van der Waals surface area contributed by atoms with Gasteiger partial charge in [-0.05, 0) is 33.0 Å². The number of phenolic OH excluding ortho intramolecular Hbond substituents is 1. The van der Waals surface area contributed by atoms with Gasteiger partial charge in [0.1, 0.15) is 11.5 Å². The number of rotatable bonds is 7. The van der Waals surface area contributed by atoms with Crippen LogP contribution < -0.4 is 4.74 Å². The van der Waals surface area contributed by atoms with Crippen molar-refractivity contribution >= 4 is 0 Å². The Morgan fingerprint density at radius 1 is 1.33 bits per heavy atom. The zero-order valence-corrected chi connectivity index (χ0v) is 11.9. The molecule has 1 atom stereocenters. The van der Waals surface area contributed by atoms with E-state index in [0.717, 1.165) is 12.1 Å². The number of ether oxygens (including phenoxy) is 1. The number of methoxy groups -OCH3 is 1. The highest BCUT2D eigenvalue weighted by Gasteiger charge is 2.15. The van der Waals surface area contributed by atoms with E-state index in [1.165, 1.54) is 19.3 Å². The fourth-order valence-corrected chi connectivity index (χ4v) is 2.05. The van der Waals surface area contributed by atoms with Crippen LogP contribution in [0.15, 0.2) is 18.2 Å². The summed E-state index contributed by atoms with van der Waals surface area (Å²) in [6.07, 6.45) is 3.69. The summed E-state index contributed by atoms with van der Waals surface area (Å²) in [6, 6.07) is 5.72. The van der Waals surface area contributed by atoms with Crippen LogP contribution in [0.3, 0.4) is 0 Å². The highest BCUT2D eigenvalue weighted by atomic mass is 16.5. The van der Waals surface area contributed by atoms with Crippen molar-refractivity contribution in [1.82, 2.24) is 4.90 Å². The molecule has 0 heterocycles. The predicted octanol–water partition coefficient (Wildman–Crippen LogP) is 3.58. The van der Waals surface area contributed by atoms with E-state index in [0.29, 0.717) is 11.5 Å². The van der Waals surface area contributed by atoms with Crippen LogP contribution in [0.5, 0.6) is 11.5 Å². The van der Waals surface area contributed by atoms with Gasteiger partial charge in [-0.1, -0.05) is 25.8 Å². The fourth-order valence-electron chi connectivity index (χ4n) is 2.05. The highest BCUT2D eigenvalue weighted by molar-refractivity contribution is 5.41. The lowest BCUT2D eigenvalue weighted by Crippen LogP contribution is -2.23. The second kappa shape index (κ2) is 7.27. The molecule has 1 aromatic rings. The predicted molar refractivity (Wildman–Crippen MR) is 75.2 cm³/mol. The molecule has 0 fully saturated rings. The Balaban J connectivity index is 2.67. The van der Waals surface area contributed by atoms with Crippen LogP contribution in [0.4, 0.5) is 0 Å². The minimum absolute atomic E-state index is 0.216. The van der Waals surface area contributed by atoms with Gasteiger partial charge in [0.25, 0.3) is 0 Å². The molecule has 0 saturated heterocycles. The van der Waals surface area contributed by atoms with Crippen LogP contribution in [0.2, 0.25) is 0 Å². The number of benzene rings is 1. The molecule has 0 aliphatic heterocycles. The van der Waals surface area contributed by atoms with E-state index < -0.39 is 0 Å². The minimum Gasteiger partial charge on any atom is -0.507 e. The van der Waals surface area contributed by atoms with E-state index in [-0.39, 0.29) is 6.04 Å². The standard InChI is InChI=1S/C15H25NO2/c1-5-6-7-10-16(3)12(2)14-9-8-13(18-4)11-15(14)17/h8-9,11-12,17H,5-7,10H2,1-4H3. The molecule has 0 aliphatic rings. The molecule has 102 valence electrons. The van der Waals surface area contributed by atoms with E-state index in [2.05, 4.69) is 25.8 Å². The number of aromatic hydroxyl groups is 1. The van der Waals surface area contributed by atoms with Gasteiger partial charge in [0.15, 0.2) is 0 Å². The van der Waals surface area contributed by atoms with Crippen LogP contribution in [-0.4, -0.2) is 30.7 Å². The summed E-state index contributed by atoms with van der Waals surface area (Å²) in [7, 11) is 3.71. The molecule has 0 saturated carbocycles. The molecule has 1 unspecified atom stereocenters. The Morgan fingerprint density at radius 3 is 2.61 bits per heavy atom. The lowest BCUT2D eigenvalue weighted by atomic mass is 10.1. The van der Waals surface area contributed by atoms with Crippen LogP contribution >= 0.6 is 0 Å². The van der Waals surface area contributed by atoms with Gasteiger partial charge in [0.2, 0.25) is 0 Å². The Morgan fingerprint density at radius 2 is 2.06 bits per heavy atom. The molecule has 1 N–H and O–H groups in total. The van der Waals surface area contributed by atoms with Crippen molar-refractivity contribution in [3.8, 4) is 11.5 Å². The molecular formula is C15H25NO2. The van der Waals surface area contributed by atoms with E-state index in [9.17, 15) is 5.11 Å².